The number of fused-ring (bicyclic) bond motifs is 2. The SMILES string of the molecule is CC[C@@]12CC[C@@H](C[C@H](OC(=O)c3ccccc3)[C@@H]1C(=O)OC)N2C. The first-order chi connectivity index (χ1) is 11.5. The Morgan fingerprint density at radius 1 is 1.29 bits per heavy atom. The van der Waals surface area contributed by atoms with Gasteiger partial charge in [0, 0.05) is 18.0 Å². The summed E-state index contributed by atoms with van der Waals surface area (Å²) < 4.78 is 10.9. The second kappa shape index (κ2) is 6.55. The summed E-state index contributed by atoms with van der Waals surface area (Å²) in [6.45, 7) is 2.09. The van der Waals surface area contributed by atoms with Gasteiger partial charge in [0.15, 0.2) is 0 Å². The van der Waals surface area contributed by atoms with Crippen LogP contribution in [0.15, 0.2) is 30.3 Å². The van der Waals surface area contributed by atoms with E-state index in [1.165, 1.54) is 7.11 Å². The van der Waals surface area contributed by atoms with Crippen LogP contribution in [0, 0.1) is 5.92 Å². The van der Waals surface area contributed by atoms with Gasteiger partial charge >= 0.3 is 11.9 Å². The summed E-state index contributed by atoms with van der Waals surface area (Å²) in [5, 5.41) is 0. The predicted molar refractivity (Wildman–Crippen MR) is 89.6 cm³/mol. The fourth-order valence-corrected chi connectivity index (χ4v) is 4.59. The van der Waals surface area contributed by atoms with Gasteiger partial charge in [-0.2, -0.15) is 0 Å². The van der Waals surface area contributed by atoms with E-state index in [4.69, 9.17) is 9.47 Å². The molecular formula is C19H25NO4. The average Bonchev–Trinajstić information content (AvgIpc) is 2.82. The summed E-state index contributed by atoms with van der Waals surface area (Å²) in [5.74, 6) is -1.09. The first-order valence-corrected chi connectivity index (χ1v) is 8.60. The molecule has 5 heteroatoms. The van der Waals surface area contributed by atoms with Crippen LogP contribution in [0.4, 0.5) is 0 Å². The molecule has 0 saturated carbocycles. The van der Waals surface area contributed by atoms with Crippen LogP contribution >= 0.6 is 0 Å². The molecule has 2 saturated heterocycles. The van der Waals surface area contributed by atoms with Crippen molar-refractivity contribution in [1.82, 2.24) is 4.90 Å². The van der Waals surface area contributed by atoms with Crippen LogP contribution in [0.5, 0.6) is 0 Å². The number of carbonyl (C=O) groups excluding carboxylic acids is 2. The monoisotopic (exact) mass is 331 g/mol. The maximum absolute atomic E-state index is 12.6. The van der Waals surface area contributed by atoms with Crippen molar-refractivity contribution in [3.05, 3.63) is 35.9 Å². The topological polar surface area (TPSA) is 55.8 Å². The number of carbonyl (C=O) groups is 2. The minimum Gasteiger partial charge on any atom is -0.469 e. The van der Waals surface area contributed by atoms with Gasteiger partial charge in [-0.05, 0) is 38.4 Å². The molecule has 1 aromatic carbocycles. The van der Waals surface area contributed by atoms with Gasteiger partial charge in [-0.15, -0.1) is 0 Å². The van der Waals surface area contributed by atoms with Gasteiger partial charge in [-0.25, -0.2) is 4.79 Å². The fraction of sp³-hybridized carbons (Fsp3) is 0.579. The Morgan fingerprint density at radius 3 is 2.62 bits per heavy atom. The third-order valence-electron chi connectivity index (χ3n) is 5.95. The van der Waals surface area contributed by atoms with Crippen molar-refractivity contribution >= 4 is 11.9 Å². The van der Waals surface area contributed by atoms with E-state index in [-0.39, 0.29) is 17.5 Å². The van der Waals surface area contributed by atoms with Crippen molar-refractivity contribution < 1.29 is 19.1 Å². The van der Waals surface area contributed by atoms with Gasteiger partial charge in [0.1, 0.15) is 12.0 Å². The molecule has 0 aliphatic carbocycles. The maximum Gasteiger partial charge on any atom is 0.338 e. The number of benzene rings is 1. The summed E-state index contributed by atoms with van der Waals surface area (Å²) in [6, 6.07) is 9.28. The number of piperidine rings is 1. The number of nitrogens with zero attached hydrogens (tertiary/aromatic N) is 1. The number of methoxy groups -OCH3 is 1. The highest BCUT2D eigenvalue weighted by atomic mass is 16.6. The molecule has 0 amide bonds. The normalized spacial score (nSPS) is 32.4. The lowest BCUT2D eigenvalue weighted by Crippen LogP contribution is -2.61. The van der Waals surface area contributed by atoms with Crippen molar-refractivity contribution in [2.24, 2.45) is 5.92 Å². The first-order valence-electron chi connectivity index (χ1n) is 8.60. The van der Waals surface area contributed by atoms with E-state index in [0.717, 1.165) is 19.3 Å². The third kappa shape index (κ3) is 2.61. The van der Waals surface area contributed by atoms with Crippen molar-refractivity contribution in [3.63, 3.8) is 0 Å². The molecule has 2 heterocycles. The Hall–Kier alpha value is -1.88. The van der Waals surface area contributed by atoms with E-state index in [1.54, 1.807) is 24.3 Å². The van der Waals surface area contributed by atoms with E-state index in [9.17, 15) is 9.59 Å². The molecule has 130 valence electrons. The lowest BCUT2D eigenvalue weighted by atomic mass is 9.74. The van der Waals surface area contributed by atoms with Crippen LogP contribution in [0.1, 0.15) is 43.0 Å². The van der Waals surface area contributed by atoms with Crippen molar-refractivity contribution in [2.45, 2.75) is 50.3 Å². The molecule has 1 aromatic rings. The predicted octanol–water partition coefficient (Wildman–Crippen LogP) is 2.65. The van der Waals surface area contributed by atoms with Crippen molar-refractivity contribution in [1.29, 1.82) is 0 Å². The second-order valence-corrected chi connectivity index (χ2v) is 6.81. The zero-order valence-corrected chi connectivity index (χ0v) is 14.5. The molecule has 5 nitrogen and oxygen atoms in total. The lowest BCUT2D eigenvalue weighted by molar-refractivity contribution is -0.163. The molecule has 2 aliphatic heterocycles. The number of ether oxygens (including phenoxy) is 2. The van der Waals surface area contributed by atoms with E-state index in [1.807, 2.05) is 6.07 Å². The molecule has 2 aliphatic rings. The molecular weight excluding hydrogens is 306 g/mol. The van der Waals surface area contributed by atoms with E-state index in [0.29, 0.717) is 18.0 Å². The smallest absolute Gasteiger partial charge is 0.338 e. The molecule has 0 radical (unpaired) electrons. The average molecular weight is 331 g/mol. The highest BCUT2D eigenvalue weighted by Gasteiger charge is 2.59. The number of hydrogen-bond acceptors (Lipinski definition) is 5. The highest BCUT2D eigenvalue weighted by molar-refractivity contribution is 5.89. The van der Waals surface area contributed by atoms with Gasteiger partial charge in [0.25, 0.3) is 0 Å². The van der Waals surface area contributed by atoms with Gasteiger partial charge in [-0.1, -0.05) is 25.1 Å². The quantitative estimate of drug-likeness (QED) is 0.794. The number of esters is 2. The Kier molecular flexibility index (Phi) is 4.63. The fourth-order valence-electron chi connectivity index (χ4n) is 4.59. The zero-order chi connectivity index (χ0) is 17.3. The Labute approximate surface area is 142 Å². The number of hydrogen-bond donors (Lipinski definition) is 0. The minimum atomic E-state index is -0.441. The van der Waals surface area contributed by atoms with Gasteiger partial charge in [-0.3, -0.25) is 9.69 Å². The molecule has 0 spiro atoms. The molecule has 4 atom stereocenters. The van der Waals surface area contributed by atoms with Crippen LogP contribution in [-0.2, 0) is 14.3 Å². The molecule has 2 fully saturated rings. The van der Waals surface area contributed by atoms with Crippen LogP contribution in [-0.4, -0.2) is 48.7 Å². The molecule has 2 bridgehead atoms. The molecule has 0 unspecified atom stereocenters. The zero-order valence-electron chi connectivity index (χ0n) is 14.5. The summed E-state index contributed by atoms with van der Waals surface area (Å²) in [6.07, 6.45) is 3.03. The van der Waals surface area contributed by atoms with Gasteiger partial charge in [0.05, 0.1) is 12.7 Å². The van der Waals surface area contributed by atoms with Crippen LogP contribution < -0.4 is 0 Å². The Balaban J connectivity index is 1.89. The van der Waals surface area contributed by atoms with Gasteiger partial charge < -0.3 is 9.47 Å². The molecule has 24 heavy (non-hydrogen) atoms. The number of rotatable bonds is 4. The Morgan fingerprint density at radius 2 is 2.00 bits per heavy atom. The first kappa shape index (κ1) is 17.0. The maximum atomic E-state index is 12.6. The Bertz CT molecular complexity index is 617. The van der Waals surface area contributed by atoms with E-state index >= 15 is 0 Å². The lowest BCUT2D eigenvalue weighted by Gasteiger charge is -2.49. The third-order valence-corrected chi connectivity index (χ3v) is 5.95. The van der Waals surface area contributed by atoms with Gasteiger partial charge in [0.2, 0.25) is 0 Å². The summed E-state index contributed by atoms with van der Waals surface area (Å²) in [4.78, 5) is 27.3. The van der Waals surface area contributed by atoms with Crippen LogP contribution in [0.25, 0.3) is 0 Å². The van der Waals surface area contributed by atoms with Crippen molar-refractivity contribution in [3.8, 4) is 0 Å². The molecule has 3 rings (SSSR count). The molecule has 0 aromatic heterocycles. The summed E-state index contributed by atoms with van der Waals surface area (Å²) >= 11 is 0. The highest BCUT2D eigenvalue weighted by Crippen LogP contribution is 2.49. The van der Waals surface area contributed by atoms with Crippen molar-refractivity contribution in [2.75, 3.05) is 14.2 Å². The second-order valence-electron chi connectivity index (χ2n) is 6.81. The minimum absolute atomic E-state index is 0.280. The summed E-state index contributed by atoms with van der Waals surface area (Å²) in [5.41, 5.74) is 0.232. The van der Waals surface area contributed by atoms with Crippen LogP contribution in [0.2, 0.25) is 0 Å². The summed E-state index contributed by atoms with van der Waals surface area (Å²) in [7, 11) is 3.48. The van der Waals surface area contributed by atoms with E-state index < -0.39 is 12.0 Å². The largest absolute Gasteiger partial charge is 0.469 e. The molecule has 0 N–H and O–H groups in total. The van der Waals surface area contributed by atoms with E-state index in [2.05, 4.69) is 18.9 Å². The standard InChI is InChI=1S/C19H25NO4/c1-4-19-11-10-14(20(19)2)12-15(16(19)18(22)23-3)24-17(21)13-8-6-5-7-9-13/h5-9,14-16H,4,10-12H2,1-3H3/t14-,15-,16+,19+/m0/s1. The van der Waals surface area contributed by atoms with Crippen LogP contribution in [0.3, 0.4) is 0 Å².